The van der Waals surface area contributed by atoms with Gasteiger partial charge in [0.15, 0.2) is 6.61 Å². The molecular formula is C25H23N3O4S. The summed E-state index contributed by atoms with van der Waals surface area (Å²) in [6.45, 7) is 0.0370. The zero-order chi connectivity index (χ0) is 23.2. The molecule has 168 valence electrons. The molecule has 1 aliphatic heterocycles. The lowest BCUT2D eigenvalue weighted by atomic mass is 10.2. The van der Waals surface area contributed by atoms with Crippen LogP contribution < -0.4 is 15.5 Å². The highest BCUT2D eigenvalue weighted by Crippen LogP contribution is 2.47. The van der Waals surface area contributed by atoms with Crippen molar-refractivity contribution in [3.8, 4) is 0 Å². The van der Waals surface area contributed by atoms with Crippen LogP contribution in [0.4, 0.5) is 17.1 Å². The lowest BCUT2D eigenvalue weighted by Gasteiger charge is -2.32. The van der Waals surface area contributed by atoms with E-state index < -0.39 is 18.5 Å². The van der Waals surface area contributed by atoms with Gasteiger partial charge in [0.25, 0.3) is 11.8 Å². The first-order valence-electron chi connectivity index (χ1n) is 10.5. The third-order valence-electron chi connectivity index (χ3n) is 5.07. The molecule has 3 aromatic rings. The number of anilines is 3. The Morgan fingerprint density at radius 2 is 1.58 bits per heavy atom. The minimum Gasteiger partial charge on any atom is -0.456 e. The molecule has 0 saturated heterocycles. The van der Waals surface area contributed by atoms with Gasteiger partial charge in [-0.1, -0.05) is 42.1 Å². The number of nitrogens with zero attached hydrogens (tertiary/aromatic N) is 1. The van der Waals surface area contributed by atoms with Gasteiger partial charge in [0.05, 0.1) is 17.8 Å². The predicted octanol–water partition coefficient (Wildman–Crippen LogP) is 4.22. The van der Waals surface area contributed by atoms with Crippen molar-refractivity contribution in [2.45, 2.75) is 16.2 Å². The molecule has 4 rings (SSSR count). The Morgan fingerprint density at radius 1 is 0.909 bits per heavy atom. The van der Waals surface area contributed by atoms with E-state index in [2.05, 4.69) is 27.7 Å². The summed E-state index contributed by atoms with van der Waals surface area (Å²) < 4.78 is 5.18. The van der Waals surface area contributed by atoms with Gasteiger partial charge < -0.3 is 20.3 Å². The van der Waals surface area contributed by atoms with E-state index in [9.17, 15) is 14.4 Å². The number of rotatable bonds is 7. The van der Waals surface area contributed by atoms with E-state index in [-0.39, 0.29) is 12.3 Å². The SMILES string of the molecule is CNC(=O)c1cccc(NC(=O)COC(=O)CCN2c3ccccc3Sc3ccccc32)c1. The Bertz CT molecular complexity index is 1150. The summed E-state index contributed by atoms with van der Waals surface area (Å²) in [4.78, 5) is 40.6. The van der Waals surface area contributed by atoms with Gasteiger partial charge in [-0.2, -0.15) is 0 Å². The zero-order valence-corrected chi connectivity index (χ0v) is 18.9. The fraction of sp³-hybridized carbons (Fsp3) is 0.160. The van der Waals surface area contributed by atoms with E-state index in [1.54, 1.807) is 36.0 Å². The number of hydrogen-bond acceptors (Lipinski definition) is 6. The second kappa shape index (κ2) is 10.2. The molecule has 3 aromatic carbocycles. The molecule has 0 radical (unpaired) electrons. The van der Waals surface area contributed by atoms with Gasteiger partial charge in [0.2, 0.25) is 0 Å². The average molecular weight is 462 g/mol. The molecule has 1 aliphatic rings. The van der Waals surface area contributed by atoms with Crippen LogP contribution in [0.5, 0.6) is 0 Å². The summed E-state index contributed by atoms with van der Waals surface area (Å²) >= 11 is 1.70. The Morgan fingerprint density at radius 3 is 2.24 bits per heavy atom. The van der Waals surface area contributed by atoms with Crippen LogP contribution in [0.15, 0.2) is 82.6 Å². The van der Waals surface area contributed by atoms with Crippen LogP contribution in [0, 0.1) is 0 Å². The Labute approximate surface area is 196 Å². The maximum atomic E-state index is 12.4. The molecule has 0 spiro atoms. The average Bonchev–Trinajstić information content (AvgIpc) is 2.85. The largest absolute Gasteiger partial charge is 0.456 e. The van der Waals surface area contributed by atoms with Gasteiger partial charge in [0, 0.05) is 34.6 Å². The molecule has 0 fully saturated rings. The second-order valence-electron chi connectivity index (χ2n) is 7.31. The normalized spacial score (nSPS) is 11.7. The summed E-state index contributed by atoms with van der Waals surface area (Å²) in [6, 6.07) is 22.7. The molecule has 7 nitrogen and oxygen atoms in total. The van der Waals surface area contributed by atoms with Gasteiger partial charge in [-0.3, -0.25) is 14.4 Å². The Balaban J connectivity index is 1.32. The van der Waals surface area contributed by atoms with Crippen molar-refractivity contribution in [3.05, 3.63) is 78.4 Å². The van der Waals surface area contributed by atoms with Crippen molar-refractivity contribution in [1.82, 2.24) is 5.32 Å². The molecule has 8 heteroatoms. The van der Waals surface area contributed by atoms with E-state index >= 15 is 0 Å². The molecule has 0 saturated carbocycles. The standard InChI is InChI=1S/C25H23N3O4S/c1-26-25(31)17-7-6-8-18(15-17)27-23(29)16-32-24(30)13-14-28-19-9-2-4-11-21(19)33-22-12-5-3-10-20(22)28/h2-12,15H,13-14,16H2,1H3,(H,26,31)(H,27,29). The summed E-state index contributed by atoms with van der Waals surface area (Å²) in [5.41, 5.74) is 2.97. The van der Waals surface area contributed by atoms with Crippen molar-refractivity contribution in [2.75, 3.05) is 30.4 Å². The maximum Gasteiger partial charge on any atom is 0.308 e. The second-order valence-corrected chi connectivity index (χ2v) is 8.39. The number of esters is 1. The summed E-state index contributed by atoms with van der Waals surface area (Å²) in [7, 11) is 1.53. The van der Waals surface area contributed by atoms with Gasteiger partial charge in [-0.25, -0.2) is 0 Å². The molecule has 0 unspecified atom stereocenters. The number of fused-ring (bicyclic) bond motifs is 2. The lowest BCUT2D eigenvalue weighted by molar-refractivity contribution is -0.147. The smallest absolute Gasteiger partial charge is 0.308 e. The fourth-order valence-corrected chi connectivity index (χ4v) is 4.62. The van der Waals surface area contributed by atoms with Crippen molar-refractivity contribution in [1.29, 1.82) is 0 Å². The zero-order valence-electron chi connectivity index (χ0n) is 18.0. The number of carbonyl (C=O) groups is 3. The van der Waals surface area contributed by atoms with Gasteiger partial charge in [-0.15, -0.1) is 0 Å². The highest BCUT2D eigenvalue weighted by molar-refractivity contribution is 7.99. The van der Waals surface area contributed by atoms with Crippen LogP contribution in [-0.4, -0.2) is 38.0 Å². The number of ether oxygens (including phenoxy) is 1. The monoisotopic (exact) mass is 461 g/mol. The first kappa shape index (κ1) is 22.4. The van der Waals surface area contributed by atoms with Gasteiger partial charge in [0.1, 0.15) is 0 Å². The van der Waals surface area contributed by atoms with E-state index in [1.165, 1.54) is 7.05 Å². The van der Waals surface area contributed by atoms with E-state index in [1.807, 2.05) is 36.4 Å². The number of benzene rings is 3. The molecule has 0 atom stereocenters. The topological polar surface area (TPSA) is 87.7 Å². The first-order valence-corrected chi connectivity index (χ1v) is 11.3. The van der Waals surface area contributed by atoms with Crippen LogP contribution in [-0.2, 0) is 14.3 Å². The molecule has 2 amide bonds. The number of nitrogens with one attached hydrogen (secondary N) is 2. The quantitative estimate of drug-likeness (QED) is 0.512. The molecule has 0 aliphatic carbocycles. The fourth-order valence-electron chi connectivity index (χ4n) is 3.52. The number of carbonyl (C=O) groups excluding carboxylic acids is 3. The van der Waals surface area contributed by atoms with Crippen molar-refractivity contribution in [2.24, 2.45) is 0 Å². The van der Waals surface area contributed by atoms with Crippen LogP contribution in [0.2, 0.25) is 0 Å². The Hall–Kier alpha value is -3.78. The highest BCUT2D eigenvalue weighted by Gasteiger charge is 2.23. The van der Waals surface area contributed by atoms with Crippen LogP contribution in [0.25, 0.3) is 0 Å². The maximum absolute atomic E-state index is 12.4. The van der Waals surface area contributed by atoms with E-state index in [4.69, 9.17) is 4.74 Å². The molecule has 33 heavy (non-hydrogen) atoms. The molecule has 0 aromatic heterocycles. The van der Waals surface area contributed by atoms with Gasteiger partial charge >= 0.3 is 5.97 Å². The predicted molar refractivity (Wildman–Crippen MR) is 128 cm³/mol. The number of para-hydroxylation sites is 2. The van der Waals surface area contributed by atoms with Gasteiger partial charge in [-0.05, 0) is 42.5 Å². The number of hydrogen-bond donors (Lipinski definition) is 2. The van der Waals surface area contributed by atoms with Crippen LogP contribution in [0.3, 0.4) is 0 Å². The van der Waals surface area contributed by atoms with E-state index in [0.29, 0.717) is 17.8 Å². The van der Waals surface area contributed by atoms with Crippen molar-refractivity contribution in [3.63, 3.8) is 0 Å². The highest BCUT2D eigenvalue weighted by atomic mass is 32.2. The summed E-state index contributed by atoms with van der Waals surface area (Å²) in [6.07, 6.45) is 0.132. The van der Waals surface area contributed by atoms with E-state index in [0.717, 1.165) is 21.2 Å². The Kier molecular flexibility index (Phi) is 6.95. The third-order valence-corrected chi connectivity index (χ3v) is 6.20. The van der Waals surface area contributed by atoms with Crippen LogP contribution >= 0.6 is 11.8 Å². The lowest BCUT2D eigenvalue weighted by Crippen LogP contribution is -2.26. The van der Waals surface area contributed by atoms with Crippen molar-refractivity contribution < 1.29 is 19.1 Å². The summed E-state index contributed by atoms with van der Waals surface area (Å²) in [5, 5.41) is 5.17. The minimum atomic E-state index is -0.470. The molecular weight excluding hydrogens is 438 g/mol. The first-order chi connectivity index (χ1) is 16.0. The summed E-state index contributed by atoms with van der Waals surface area (Å²) in [5.74, 6) is -1.18. The molecule has 2 N–H and O–H groups in total. The number of amides is 2. The molecule has 1 heterocycles. The van der Waals surface area contributed by atoms with Crippen molar-refractivity contribution >= 4 is 46.6 Å². The molecule has 0 bridgehead atoms. The minimum absolute atomic E-state index is 0.132. The third kappa shape index (κ3) is 5.35. The van der Waals surface area contributed by atoms with Crippen LogP contribution in [0.1, 0.15) is 16.8 Å².